The van der Waals surface area contributed by atoms with Crippen LogP contribution in [-0.2, 0) is 0 Å². The number of benzene rings is 1. The lowest BCUT2D eigenvalue weighted by Crippen LogP contribution is -2.16. The molecular formula is C13H18N2. The zero-order valence-electron chi connectivity index (χ0n) is 9.67. The molecule has 15 heavy (non-hydrogen) atoms. The summed E-state index contributed by atoms with van der Waals surface area (Å²) in [6, 6.07) is 8.97. The van der Waals surface area contributed by atoms with Crippen molar-refractivity contribution >= 4 is 0 Å². The number of hydrogen-bond acceptors (Lipinski definition) is 2. The predicted octanol–water partition coefficient (Wildman–Crippen LogP) is 2.87. The minimum absolute atomic E-state index is 0.295. The van der Waals surface area contributed by atoms with E-state index >= 15 is 0 Å². The first-order valence-corrected chi connectivity index (χ1v) is 5.30. The van der Waals surface area contributed by atoms with Gasteiger partial charge >= 0.3 is 0 Å². The molecule has 2 nitrogen and oxygen atoms in total. The van der Waals surface area contributed by atoms with E-state index < -0.39 is 0 Å². The minimum atomic E-state index is 0.295. The highest BCUT2D eigenvalue weighted by Gasteiger charge is 2.08. The van der Waals surface area contributed by atoms with Gasteiger partial charge in [-0.25, -0.2) is 0 Å². The Kier molecular flexibility index (Phi) is 4.33. The number of aryl methyl sites for hydroxylation is 2. The molecule has 1 rings (SSSR count). The lowest BCUT2D eigenvalue weighted by Gasteiger charge is -2.16. The van der Waals surface area contributed by atoms with Gasteiger partial charge in [-0.05, 0) is 44.0 Å². The molecule has 0 spiro atoms. The molecule has 0 saturated carbocycles. The van der Waals surface area contributed by atoms with Gasteiger partial charge in [0.2, 0.25) is 0 Å². The van der Waals surface area contributed by atoms with Crippen LogP contribution >= 0.6 is 0 Å². The zero-order valence-corrected chi connectivity index (χ0v) is 9.67. The summed E-state index contributed by atoms with van der Waals surface area (Å²) in [5.41, 5.74) is 3.90. The van der Waals surface area contributed by atoms with E-state index in [-0.39, 0.29) is 0 Å². The highest BCUT2D eigenvalue weighted by molar-refractivity contribution is 5.31. The standard InChI is InChI=1S/C13H18N2/c1-10-6-7-12(9-11(10)2)13(15-3)5-4-8-14/h6-7,9,13,15H,4-5H2,1-3H3. The molecule has 0 aliphatic heterocycles. The van der Waals surface area contributed by atoms with Crippen LogP contribution < -0.4 is 5.32 Å². The normalized spacial score (nSPS) is 12.1. The Morgan fingerprint density at radius 1 is 1.33 bits per heavy atom. The first kappa shape index (κ1) is 11.7. The fourth-order valence-corrected chi connectivity index (χ4v) is 1.67. The van der Waals surface area contributed by atoms with Gasteiger partial charge in [-0.3, -0.25) is 0 Å². The van der Waals surface area contributed by atoms with Crippen LogP contribution in [0.4, 0.5) is 0 Å². The van der Waals surface area contributed by atoms with Crippen molar-refractivity contribution in [3.8, 4) is 6.07 Å². The van der Waals surface area contributed by atoms with Crippen molar-refractivity contribution in [1.29, 1.82) is 5.26 Å². The summed E-state index contributed by atoms with van der Waals surface area (Å²) in [7, 11) is 1.94. The summed E-state index contributed by atoms with van der Waals surface area (Å²) in [5.74, 6) is 0. The van der Waals surface area contributed by atoms with Gasteiger partial charge in [0.05, 0.1) is 6.07 Å². The van der Waals surface area contributed by atoms with Crippen LogP contribution in [0.25, 0.3) is 0 Å². The van der Waals surface area contributed by atoms with Gasteiger partial charge < -0.3 is 5.32 Å². The number of nitrogens with one attached hydrogen (secondary N) is 1. The van der Waals surface area contributed by atoms with Gasteiger partial charge in [-0.15, -0.1) is 0 Å². The quantitative estimate of drug-likeness (QED) is 0.815. The van der Waals surface area contributed by atoms with Crippen molar-refractivity contribution in [3.63, 3.8) is 0 Å². The summed E-state index contributed by atoms with van der Waals surface area (Å²) >= 11 is 0. The highest BCUT2D eigenvalue weighted by Crippen LogP contribution is 2.20. The Balaban J connectivity index is 2.83. The average Bonchev–Trinajstić information content (AvgIpc) is 2.24. The summed E-state index contributed by atoms with van der Waals surface area (Å²) in [6.45, 7) is 4.23. The van der Waals surface area contributed by atoms with Crippen LogP contribution in [0.15, 0.2) is 18.2 Å². The largest absolute Gasteiger partial charge is 0.313 e. The third kappa shape index (κ3) is 3.07. The van der Waals surface area contributed by atoms with E-state index in [2.05, 4.69) is 43.4 Å². The molecule has 1 aromatic carbocycles. The highest BCUT2D eigenvalue weighted by atomic mass is 14.9. The molecule has 0 amide bonds. The molecule has 0 aliphatic rings. The molecule has 1 atom stereocenters. The second-order valence-corrected chi connectivity index (χ2v) is 3.88. The van der Waals surface area contributed by atoms with E-state index in [0.29, 0.717) is 12.5 Å². The number of nitrogens with zero attached hydrogens (tertiary/aromatic N) is 1. The lowest BCUT2D eigenvalue weighted by molar-refractivity contribution is 0.557. The first-order valence-electron chi connectivity index (χ1n) is 5.30. The molecule has 0 bridgehead atoms. The summed E-state index contributed by atoms with van der Waals surface area (Å²) in [4.78, 5) is 0. The second-order valence-electron chi connectivity index (χ2n) is 3.88. The Bertz CT molecular complexity index is 363. The van der Waals surface area contributed by atoms with Gasteiger partial charge in [0.15, 0.2) is 0 Å². The van der Waals surface area contributed by atoms with Crippen LogP contribution in [0.1, 0.15) is 35.6 Å². The molecule has 0 aliphatic carbocycles. The summed E-state index contributed by atoms with van der Waals surface area (Å²) < 4.78 is 0. The third-order valence-corrected chi connectivity index (χ3v) is 2.83. The molecular weight excluding hydrogens is 184 g/mol. The minimum Gasteiger partial charge on any atom is -0.313 e. The van der Waals surface area contributed by atoms with Crippen molar-refractivity contribution in [2.24, 2.45) is 0 Å². The molecule has 2 heteroatoms. The van der Waals surface area contributed by atoms with E-state index in [1.54, 1.807) is 0 Å². The zero-order chi connectivity index (χ0) is 11.3. The topological polar surface area (TPSA) is 35.8 Å². The Hall–Kier alpha value is -1.33. The van der Waals surface area contributed by atoms with Gasteiger partial charge in [-0.2, -0.15) is 5.26 Å². The molecule has 1 N–H and O–H groups in total. The first-order chi connectivity index (χ1) is 7.19. The van der Waals surface area contributed by atoms with Gasteiger partial charge in [-0.1, -0.05) is 18.2 Å². The molecule has 0 fully saturated rings. The van der Waals surface area contributed by atoms with Crippen molar-refractivity contribution in [2.45, 2.75) is 32.7 Å². The van der Waals surface area contributed by atoms with Gasteiger partial charge in [0, 0.05) is 12.5 Å². The number of nitriles is 1. The van der Waals surface area contributed by atoms with E-state index in [9.17, 15) is 0 Å². The third-order valence-electron chi connectivity index (χ3n) is 2.83. The Morgan fingerprint density at radius 2 is 2.07 bits per heavy atom. The average molecular weight is 202 g/mol. The van der Waals surface area contributed by atoms with Crippen LogP contribution in [0.2, 0.25) is 0 Å². The van der Waals surface area contributed by atoms with E-state index in [0.717, 1.165) is 6.42 Å². The molecule has 0 radical (unpaired) electrons. The molecule has 0 aromatic heterocycles. The van der Waals surface area contributed by atoms with E-state index in [1.165, 1.54) is 16.7 Å². The maximum atomic E-state index is 8.58. The van der Waals surface area contributed by atoms with Gasteiger partial charge in [0.1, 0.15) is 0 Å². The predicted molar refractivity (Wildman–Crippen MR) is 62.6 cm³/mol. The molecule has 0 heterocycles. The van der Waals surface area contributed by atoms with Crippen molar-refractivity contribution in [3.05, 3.63) is 34.9 Å². The van der Waals surface area contributed by atoms with Crippen LogP contribution in [0.3, 0.4) is 0 Å². The maximum absolute atomic E-state index is 8.58. The van der Waals surface area contributed by atoms with Crippen LogP contribution in [0.5, 0.6) is 0 Å². The smallest absolute Gasteiger partial charge is 0.0622 e. The second kappa shape index (κ2) is 5.53. The fraction of sp³-hybridized carbons (Fsp3) is 0.462. The lowest BCUT2D eigenvalue weighted by atomic mass is 9.98. The van der Waals surface area contributed by atoms with Crippen LogP contribution in [0, 0.1) is 25.2 Å². The fourth-order valence-electron chi connectivity index (χ4n) is 1.67. The molecule has 80 valence electrons. The van der Waals surface area contributed by atoms with Crippen LogP contribution in [-0.4, -0.2) is 7.05 Å². The van der Waals surface area contributed by atoms with E-state index in [1.807, 2.05) is 7.05 Å². The van der Waals surface area contributed by atoms with Crippen molar-refractivity contribution < 1.29 is 0 Å². The van der Waals surface area contributed by atoms with Crippen molar-refractivity contribution in [2.75, 3.05) is 7.05 Å². The maximum Gasteiger partial charge on any atom is 0.0622 e. The summed E-state index contributed by atoms with van der Waals surface area (Å²) in [6.07, 6.45) is 1.47. The van der Waals surface area contributed by atoms with E-state index in [4.69, 9.17) is 5.26 Å². The monoisotopic (exact) mass is 202 g/mol. The molecule has 1 aromatic rings. The van der Waals surface area contributed by atoms with Crippen molar-refractivity contribution in [1.82, 2.24) is 5.32 Å². The number of hydrogen-bond donors (Lipinski definition) is 1. The molecule has 0 saturated heterocycles. The number of rotatable bonds is 4. The summed E-state index contributed by atoms with van der Waals surface area (Å²) in [5, 5.41) is 11.8. The molecule has 1 unspecified atom stereocenters. The van der Waals surface area contributed by atoms with Gasteiger partial charge in [0.25, 0.3) is 0 Å². The SMILES string of the molecule is CNC(CCC#N)c1ccc(C)c(C)c1. The Labute approximate surface area is 91.9 Å². The Morgan fingerprint density at radius 3 is 2.60 bits per heavy atom.